The van der Waals surface area contributed by atoms with Gasteiger partial charge < -0.3 is 150 Å². The first-order valence-electron chi connectivity index (χ1n) is 11.2. The monoisotopic (exact) mass is 1410 g/mol. The van der Waals surface area contributed by atoms with E-state index in [4.69, 9.17) is 51.1 Å². The number of aliphatic hydroxyl groups is 10. The molecule has 0 aliphatic heterocycles. The van der Waals surface area contributed by atoms with Crippen LogP contribution in [0.25, 0.3) is 0 Å². The van der Waals surface area contributed by atoms with Gasteiger partial charge in [-0.15, -0.1) is 0 Å². The van der Waals surface area contributed by atoms with Crippen LogP contribution in [0.5, 0.6) is 0 Å². The van der Waals surface area contributed by atoms with Crippen molar-refractivity contribution in [3.63, 3.8) is 0 Å². The molecule has 0 saturated carbocycles. The van der Waals surface area contributed by atoms with Gasteiger partial charge in [0.25, 0.3) is 0 Å². The molecule has 6 radical (unpaired) electrons. The Kier molecular flexibility index (Phi) is 52.5. The summed E-state index contributed by atoms with van der Waals surface area (Å²) in [7, 11) is 0. The van der Waals surface area contributed by atoms with Crippen molar-refractivity contribution in [1.82, 2.24) is 0 Å². The predicted octanol–water partition coefficient (Wildman–Crippen LogP) is -28.1. The van der Waals surface area contributed by atoms with Crippen LogP contribution < -0.4 is 102 Å². The second kappa shape index (κ2) is 38.5. The first-order valence-corrected chi connectivity index (χ1v) is 11.2. The number of rotatable bonds is 15. The van der Waals surface area contributed by atoms with Crippen LogP contribution >= 0.6 is 0 Å². The van der Waals surface area contributed by atoms with Crippen LogP contribution in [-0.4, -0.2) is 250 Å². The summed E-state index contributed by atoms with van der Waals surface area (Å²) in [6.07, 6.45) is -24.4. The zero-order chi connectivity index (χ0) is 41.5. The summed E-state index contributed by atoms with van der Waals surface area (Å²) in [6.45, 7) is 0. The molecule has 0 fully saturated rings. The molecule has 10 unspecified atom stereocenters. The van der Waals surface area contributed by atoms with Gasteiger partial charge in [-0.05, 0) is 0 Å². The van der Waals surface area contributed by atoms with E-state index in [2.05, 4.69) is 0 Å². The van der Waals surface area contributed by atoms with E-state index in [9.17, 15) is 99.0 Å². The second-order valence-corrected chi connectivity index (χ2v) is 7.64. The fraction of sp³-hybridized carbons (Fsp3) is 0.500. The van der Waals surface area contributed by atoms with E-state index < -0.39 is 121 Å². The molecule has 30 nitrogen and oxygen atoms in total. The Morgan fingerprint density at radius 1 is 0.222 bits per heavy atom. The van der Waals surface area contributed by atoms with Crippen LogP contribution in [0.15, 0.2) is 0 Å². The third-order valence-corrected chi connectivity index (χ3v) is 3.91. The van der Waals surface area contributed by atoms with E-state index in [1.54, 1.807) is 0 Å². The van der Waals surface area contributed by atoms with Gasteiger partial charge in [-0.3, -0.25) is 0 Å². The van der Waals surface area contributed by atoms with Gasteiger partial charge in [0.15, 0.2) is 0 Å². The topological polar surface area (TPSA) is 604 Å². The summed E-state index contributed by atoms with van der Waals surface area (Å²) in [6, 6.07) is 0. The molecule has 0 aliphatic carbocycles. The van der Waals surface area contributed by atoms with E-state index in [0.717, 1.165) is 0 Å². The van der Waals surface area contributed by atoms with E-state index in [-0.39, 0.29) is 130 Å². The van der Waals surface area contributed by atoms with Gasteiger partial charge in [0.2, 0.25) is 0 Å². The zero-order valence-electron chi connectivity index (χ0n) is 25.8. The number of carboxylic acids is 10. The van der Waals surface area contributed by atoms with E-state index >= 15 is 0 Å². The maximum absolute atomic E-state index is 9.63. The molecule has 0 aliphatic rings. The van der Waals surface area contributed by atoms with Crippen LogP contribution in [0.2, 0.25) is 0 Å². The Morgan fingerprint density at radius 2 is 0.259 bits per heavy atom. The molecule has 0 aromatic carbocycles. The van der Waals surface area contributed by atoms with Gasteiger partial charge in [0.1, 0.15) is 61.0 Å². The summed E-state index contributed by atoms with van der Waals surface area (Å²) in [5.74, 6) is -20.6. The molecule has 296 valence electrons. The number of hydrogen-bond acceptors (Lipinski definition) is 30. The normalized spacial score (nSPS) is 14.6. The molecule has 0 saturated heterocycles. The Balaban J connectivity index is -0.0000000657. The van der Waals surface area contributed by atoms with E-state index in [1.165, 1.54) is 0 Å². The van der Waals surface area contributed by atoms with Gasteiger partial charge in [-0.25, -0.2) is 0 Å². The first-order chi connectivity index (χ1) is 22.3. The standard InChI is InChI=1S/5C4H6O6.3Bi.K/c5*5-1(3(7)8)2(6)4(9)10;;;;/h5*1-2,5-6H,(H,7,8)(H,9,10);;;;/q;;;;;3*+3;+1/p-10. The molecular weight excluding hydrogens is 1390 g/mol. The Labute approximate surface area is 396 Å². The Morgan fingerprint density at radius 3 is 0.278 bits per heavy atom. The van der Waals surface area contributed by atoms with Crippen LogP contribution in [0.4, 0.5) is 0 Å². The molecule has 54 heavy (non-hydrogen) atoms. The zero-order valence-corrected chi connectivity index (χ0v) is 39.3. The number of carboxylic acid groups (broad SMARTS) is 10. The molecule has 0 aromatic heterocycles. The van der Waals surface area contributed by atoms with Crippen molar-refractivity contribution in [2.75, 3.05) is 0 Å². The molecule has 34 heteroatoms. The Hall–Kier alpha value is -1.41. The summed E-state index contributed by atoms with van der Waals surface area (Å²) in [5, 5.41) is 179. The second-order valence-electron chi connectivity index (χ2n) is 7.64. The van der Waals surface area contributed by atoms with Crippen LogP contribution in [0.3, 0.4) is 0 Å². The predicted molar refractivity (Wildman–Crippen MR) is 127 cm³/mol. The smallest absolute Gasteiger partial charge is 0.547 e. The number of carbonyl (C=O) groups excluding carboxylic acids is 10. The van der Waals surface area contributed by atoms with Crippen molar-refractivity contribution in [2.45, 2.75) is 61.0 Å². The fourth-order valence-electron chi connectivity index (χ4n) is 1.29. The number of hydrogen-bond donors (Lipinski definition) is 10. The van der Waals surface area contributed by atoms with Crippen molar-refractivity contribution < 1.29 is 201 Å². The molecule has 0 bridgehead atoms. The molecular formula is C20H20Bi3KO30. The molecule has 0 aromatic rings. The van der Waals surface area contributed by atoms with E-state index in [0.29, 0.717) is 0 Å². The van der Waals surface area contributed by atoms with Gasteiger partial charge >= 0.3 is 130 Å². The van der Waals surface area contributed by atoms with Crippen molar-refractivity contribution in [3.05, 3.63) is 0 Å². The number of aliphatic carboxylic acids is 10. The molecule has 0 spiro atoms. The summed E-state index contributed by atoms with van der Waals surface area (Å²) in [4.78, 5) is 96.3. The van der Waals surface area contributed by atoms with Gasteiger partial charge in [-0.1, -0.05) is 0 Å². The fourth-order valence-corrected chi connectivity index (χ4v) is 1.29. The molecule has 0 rings (SSSR count). The molecule has 10 N–H and O–H groups in total. The van der Waals surface area contributed by atoms with Crippen molar-refractivity contribution in [3.8, 4) is 0 Å². The maximum Gasteiger partial charge on any atom is 3.00 e. The van der Waals surface area contributed by atoms with Crippen molar-refractivity contribution in [2.24, 2.45) is 0 Å². The SMILES string of the molecule is O=C([O-])C(O)C(O)C(=O)[O-].O=C([O-])C(O)C(O)C(=O)[O-].O=C([O-])C(O)C(O)C(=O)[O-].O=C([O-])C(O)C(O)C(=O)[O-].O=C([O-])C(O)C(O)C(=O)[O-].[Bi+3].[Bi+3].[Bi+3].[K+]. The largest absolute Gasteiger partial charge is 3.00 e. The van der Waals surface area contributed by atoms with Crippen LogP contribution in [0, 0.1) is 0 Å². The first kappa shape index (κ1) is 73.7. The summed E-state index contributed by atoms with van der Waals surface area (Å²) < 4.78 is 0. The summed E-state index contributed by atoms with van der Waals surface area (Å²) >= 11 is 0. The van der Waals surface area contributed by atoms with E-state index in [1.807, 2.05) is 0 Å². The minimum absolute atomic E-state index is 0. The third kappa shape index (κ3) is 36.2. The molecule has 0 heterocycles. The van der Waals surface area contributed by atoms with Crippen molar-refractivity contribution in [1.29, 1.82) is 0 Å². The number of carbonyl (C=O) groups is 10. The summed E-state index contributed by atoms with van der Waals surface area (Å²) in [5.41, 5.74) is 0. The quantitative estimate of drug-likeness (QED) is 0.0681. The van der Waals surface area contributed by atoms with Gasteiger partial charge in [0.05, 0.1) is 59.7 Å². The average molecular weight is 1410 g/mol. The van der Waals surface area contributed by atoms with Gasteiger partial charge in [0, 0.05) is 0 Å². The van der Waals surface area contributed by atoms with Crippen LogP contribution in [0.1, 0.15) is 0 Å². The minimum Gasteiger partial charge on any atom is -0.547 e. The van der Waals surface area contributed by atoms with Gasteiger partial charge in [-0.2, -0.15) is 0 Å². The minimum atomic E-state index is -2.44. The van der Waals surface area contributed by atoms with Crippen molar-refractivity contribution >= 4 is 138 Å². The number of aliphatic hydroxyl groups excluding tert-OH is 10. The maximum atomic E-state index is 9.63. The average Bonchev–Trinajstić information content (AvgIpc) is 3.01. The third-order valence-electron chi connectivity index (χ3n) is 3.91. The van der Waals surface area contributed by atoms with Crippen LogP contribution in [-0.2, 0) is 47.9 Å². The molecule has 0 amide bonds. The Bertz CT molecular complexity index is 902. The molecule has 10 atom stereocenters.